The molecule has 1 rings (SSSR count). The molecule has 7 nitrogen and oxygen atoms in total. The molecule has 0 radical (unpaired) electrons. The molecule has 1 aromatic rings. The molecular formula is C12H19N5O2. The minimum atomic E-state index is -0.431. The Labute approximate surface area is 112 Å². The summed E-state index contributed by atoms with van der Waals surface area (Å²) in [5.74, 6) is -0.109. The van der Waals surface area contributed by atoms with Gasteiger partial charge in [0.25, 0.3) is 5.91 Å². The maximum absolute atomic E-state index is 11.7. The fraction of sp³-hybridized carbons (Fsp3) is 0.500. The lowest BCUT2D eigenvalue weighted by Gasteiger charge is -2.20. The van der Waals surface area contributed by atoms with Gasteiger partial charge in [-0.05, 0) is 32.9 Å². The van der Waals surface area contributed by atoms with Gasteiger partial charge in [0, 0.05) is 12.6 Å². The molecule has 19 heavy (non-hydrogen) atoms. The summed E-state index contributed by atoms with van der Waals surface area (Å²) in [6, 6.07) is 3.17. The van der Waals surface area contributed by atoms with Crippen molar-refractivity contribution in [3.8, 4) is 0 Å². The molecule has 2 amide bonds. The van der Waals surface area contributed by atoms with Crippen LogP contribution >= 0.6 is 0 Å². The minimum Gasteiger partial charge on any atom is -0.372 e. The smallest absolute Gasteiger partial charge is 0.272 e. The fourth-order valence-corrected chi connectivity index (χ4v) is 1.30. The second-order valence-corrected chi connectivity index (χ2v) is 5.03. The summed E-state index contributed by atoms with van der Waals surface area (Å²) in [6.45, 7) is 5.52. The van der Waals surface area contributed by atoms with Gasteiger partial charge in [-0.25, -0.2) is 0 Å². The summed E-state index contributed by atoms with van der Waals surface area (Å²) in [4.78, 5) is 23.2. The molecular weight excluding hydrogens is 246 g/mol. The van der Waals surface area contributed by atoms with Crippen molar-refractivity contribution >= 4 is 17.6 Å². The molecule has 0 unspecified atom stereocenters. The first-order valence-electron chi connectivity index (χ1n) is 5.92. The third kappa shape index (κ3) is 5.33. The Balaban J connectivity index is 2.49. The predicted molar refractivity (Wildman–Crippen MR) is 71.8 cm³/mol. The van der Waals surface area contributed by atoms with Crippen molar-refractivity contribution in [2.24, 2.45) is 0 Å². The summed E-state index contributed by atoms with van der Waals surface area (Å²) in [5, 5.41) is 15.6. The van der Waals surface area contributed by atoms with Crippen molar-refractivity contribution in [2.45, 2.75) is 26.3 Å². The van der Waals surface area contributed by atoms with E-state index in [0.717, 1.165) is 0 Å². The summed E-state index contributed by atoms with van der Waals surface area (Å²) in [7, 11) is 1.71. The normalized spacial score (nSPS) is 10.7. The highest BCUT2D eigenvalue weighted by atomic mass is 16.2. The van der Waals surface area contributed by atoms with Gasteiger partial charge >= 0.3 is 0 Å². The SMILES string of the molecule is CNc1ccc(C(=O)NCC(=O)NC(C)(C)C)nn1. The van der Waals surface area contributed by atoms with E-state index in [1.165, 1.54) is 6.07 Å². The quantitative estimate of drug-likeness (QED) is 0.721. The Kier molecular flexibility index (Phi) is 4.80. The number of rotatable bonds is 4. The lowest BCUT2D eigenvalue weighted by atomic mass is 10.1. The van der Waals surface area contributed by atoms with E-state index in [1.54, 1.807) is 13.1 Å². The highest BCUT2D eigenvalue weighted by Gasteiger charge is 2.15. The highest BCUT2D eigenvalue weighted by Crippen LogP contribution is 2.00. The topological polar surface area (TPSA) is 96.0 Å². The van der Waals surface area contributed by atoms with Gasteiger partial charge in [0.05, 0.1) is 6.54 Å². The van der Waals surface area contributed by atoms with Gasteiger partial charge in [-0.2, -0.15) is 0 Å². The van der Waals surface area contributed by atoms with Gasteiger partial charge in [0.1, 0.15) is 5.82 Å². The fourth-order valence-electron chi connectivity index (χ4n) is 1.30. The van der Waals surface area contributed by atoms with Crippen LogP contribution in [0.3, 0.4) is 0 Å². The summed E-state index contributed by atoms with van der Waals surface area (Å²) in [5.41, 5.74) is -0.154. The predicted octanol–water partition coefficient (Wildman–Crippen LogP) is 0.163. The molecule has 0 saturated carbocycles. The number of amides is 2. The molecule has 0 fully saturated rings. The Hall–Kier alpha value is -2.18. The number of hydrogen-bond donors (Lipinski definition) is 3. The summed E-state index contributed by atoms with van der Waals surface area (Å²) >= 11 is 0. The van der Waals surface area contributed by atoms with Crippen LogP contribution in [0.25, 0.3) is 0 Å². The Morgan fingerprint density at radius 1 is 1.21 bits per heavy atom. The van der Waals surface area contributed by atoms with Gasteiger partial charge in [-0.3, -0.25) is 9.59 Å². The number of nitrogens with zero attached hydrogens (tertiary/aromatic N) is 2. The zero-order valence-corrected chi connectivity index (χ0v) is 11.6. The molecule has 0 aliphatic rings. The van der Waals surface area contributed by atoms with Crippen molar-refractivity contribution in [3.63, 3.8) is 0 Å². The third-order valence-corrected chi connectivity index (χ3v) is 2.08. The van der Waals surface area contributed by atoms with Gasteiger partial charge in [0.2, 0.25) is 5.91 Å². The monoisotopic (exact) mass is 265 g/mol. The Morgan fingerprint density at radius 3 is 2.37 bits per heavy atom. The van der Waals surface area contributed by atoms with Crippen LogP contribution in [0.15, 0.2) is 12.1 Å². The minimum absolute atomic E-state index is 0.0917. The van der Waals surface area contributed by atoms with E-state index in [-0.39, 0.29) is 23.7 Å². The van der Waals surface area contributed by atoms with Gasteiger partial charge in [0.15, 0.2) is 5.69 Å². The lowest BCUT2D eigenvalue weighted by Crippen LogP contribution is -2.45. The maximum atomic E-state index is 11.7. The molecule has 0 spiro atoms. The van der Waals surface area contributed by atoms with Crippen LogP contribution in [0.4, 0.5) is 5.82 Å². The molecule has 0 aliphatic heterocycles. The molecule has 7 heteroatoms. The molecule has 0 bridgehead atoms. The van der Waals surface area contributed by atoms with E-state index in [9.17, 15) is 9.59 Å². The zero-order chi connectivity index (χ0) is 14.5. The second kappa shape index (κ2) is 6.12. The number of nitrogens with one attached hydrogen (secondary N) is 3. The summed E-state index contributed by atoms with van der Waals surface area (Å²) in [6.07, 6.45) is 0. The number of hydrogen-bond acceptors (Lipinski definition) is 5. The Bertz CT molecular complexity index is 450. The van der Waals surface area contributed by atoms with E-state index in [1.807, 2.05) is 20.8 Å². The number of anilines is 1. The largest absolute Gasteiger partial charge is 0.372 e. The first-order chi connectivity index (χ1) is 8.81. The van der Waals surface area contributed by atoms with Crippen molar-refractivity contribution in [3.05, 3.63) is 17.8 Å². The zero-order valence-electron chi connectivity index (χ0n) is 11.6. The standard InChI is InChI=1S/C12H19N5O2/c1-12(2,3)15-10(18)7-14-11(19)8-5-6-9(13-4)17-16-8/h5-6H,7H2,1-4H3,(H,13,17)(H,14,19)(H,15,18). The van der Waals surface area contributed by atoms with Crippen molar-refractivity contribution in [1.82, 2.24) is 20.8 Å². The van der Waals surface area contributed by atoms with Gasteiger partial charge in [-0.15, -0.1) is 10.2 Å². The molecule has 104 valence electrons. The summed E-state index contributed by atoms with van der Waals surface area (Å²) < 4.78 is 0. The van der Waals surface area contributed by atoms with Crippen molar-refractivity contribution in [1.29, 1.82) is 0 Å². The molecule has 0 atom stereocenters. The van der Waals surface area contributed by atoms with E-state index < -0.39 is 5.91 Å². The number of carbonyl (C=O) groups excluding carboxylic acids is 2. The van der Waals surface area contributed by atoms with Crippen LogP contribution in [0, 0.1) is 0 Å². The van der Waals surface area contributed by atoms with Crippen LogP contribution in [-0.4, -0.2) is 41.1 Å². The van der Waals surface area contributed by atoms with Crippen LogP contribution < -0.4 is 16.0 Å². The van der Waals surface area contributed by atoms with E-state index in [2.05, 4.69) is 26.1 Å². The average molecular weight is 265 g/mol. The van der Waals surface area contributed by atoms with E-state index in [0.29, 0.717) is 5.82 Å². The highest BCUT2D eigenvalue weighted by molar-refractivity contribution is 5.94. The van der Waals surface area contributed by atoms with Crippen LogP contribution in [0.1, 0.15) is 31.3 Å². The van der Waals surface area contributed by atoms with Crippen molar-refractivity contribution in [2.75, 3.05) is 18.9 Å². The van der Waals surface area contributed by atoms with E-state index >= 15 is 0 Å². The third-order valence-electron chi connectivity index (χ3n) is 2.08. The Morgan fingerprint density at radius 2 is 1.89 bits per heavy atom. The molecule has 0 aliphatic carbocycles. The van der Waals surface area contributed by atoms with Gasteiger partial charge < -0.3 is 16.0 Å². The maximum Gasteiger partial charge on any atom is 0.272 e. The van der Waals surface area contributed by atoms with Crippen molar-refractivity contribution < 1.29 is 9.59 Å². The first kappa shape index (κ1) is 14.9. The van der Waals surface area contributed by atoms with Gasteiger partial charge in [-0.1, -0.05) is 0 Å². The molecule has 1 aromatic heterocycles. The first-order valence-corrected chi connectivity index (χ1v) is 5.92. The number of carbonyl (C=O) groups is 2. The molecule has 0 saturated heterocycles. The molecule has 1 heterocycles. The molecule has 3 N–H and O–H groups in total. The molecule has 0 aromatic carbocycles. The number of aromatic nitrogens is 2. The van der Waals surface area contributed by atoms with E-state index in [4.69, 9.17) is 0 Å². The van der Waals surface area contributed by atoms with Crippen LogP contribution in [0.2, 0.25) is 0 Å². The van der Waals surface area contributed by atoms with Crippen LogP contribution in [0.5, 0.6) is 0 Å². The van der Waals surface area contributed by atoms with Crippen LogP contribution in [-0.2, 0) is 4.79 Å². The lowest BCUT2D eigenvalue weighted by molar-refractivity contribution is -0.121. The second-order valence-electron chi connectivity index (χ2n) is 5.03. The average Bonchev–Trinajstić information content (AvgIpc) is 2.34.